The molecule has 2 aliphatic heterocycles. The fraction of sp³-hybridized carbons (Fsp3) is 0.320. The lowest BCUT2D eigenvalue weighted by Crippen LogP contribution is -2.36. The number of aromatic hydroxyl groups is 1. The Labute approximate surface area is 175 Å². The molecule has 5 heteroatoms. The van der Waals surface area contributed by atoms with Crippen LogP contribution in [0.2, 0.25) is 0 Å². The molecule has 0 bridgehead atoms. The Hall–Kier alpha value is -3.05. The first kappa shape index (κ1) is 18.9. The number of ketones is 1. The number of benzene rings is 2. The second-order valence-corrected chi connectivity index (χ2v) is 8.34. The number of Topliss-reactive ketones (excluding diaryl/α,β-unsaturated/α-hetero) is 1. The normalized spacial score (nSPS) is 20.7. The number of allylic oxidation sites excluding steroid dienone is 1. The van der Waals surface area contributed by atoms with Crippen LogP contribution in [0.4, 0.5) is 0 Å². The van der Waals surface area contributed by atoms with Crippen LogP contribution in [0.25, 0.3) is 17.0 Å². The van der Waals surface area contributed by atoms with Gasteiger partial charge in [0.05, 0.1) is 11.1 Å². The van der Waals surface area contributed by atoms with Gasteiger partial charge in [0, 0.05) is 24.0 Å². The standard InChI is InChI=1S/C25H25NO4/c1-15-11-20(27)19(14-26-10-6-5-7-16(26)2)25-23(15)24(28)22(30-25)13-18-12-17-8-3-4-9-21(17)29-18/h3-4,8-9,11-13,16,27H,5-7,10,14H2,1-2H3/t16-/m1/s1. The molecule has 1 atom stereocenters. The van der Waals surface area contributed by atoms with E-state index in [1.54, 1.807) is 12.1 Å². The summed E-state index contributed by atoms with van der Waals surface area (Å²) in [6.45, 7) is 5.60. The number of furan rings is 1. The monoisotopic (exact) mass is 403 g/mol. The molecule has 1 N–H and O–H groups in total. The Kier molecular flexibility index (Phi) is 4.63. The van der Waals surface area contributed by atoms with E-state index in [1.165, 1.54) is 6.42 Å². The highest BCUT2D eigenvalue weighted by atomic mass is 16.5. The van der Waals surface area contributed by atoms with Crippen LogP contribution in [-0.2, 0) is 6.54 Å². The molecule has 1 saturated heterocycles. The van der Waals surface area contributed by atoms with E-state index in [0.29, 0.717) is 35.2 Å². The summed E-state index contributed by atoms with van der Waals surface area (Å²) < 4.78 is 11.9. The number of carbonyl (C=O) groups is 1. The lowest BCUT2D eigenvalue weighted by molar-refractivity contribution is 0.101. The van der Waals surface area contributed by atoms with Crippen molar-refractivity contribution in [1.29, 1.82) is 0 Å². The summed E-state index contributed by atoms with van der Waals surface area (Å²) in [5.41, 5.74) is 2.71. The molecule has 5 nitrogen and oxygen atoms in total. The number of likely N-dealkylation sites (tertiary alicyclic amines) is 1. The zero-order chi connectivity index (χ0) is 20.8. The van der Waals surface area contributed by atoms with E-state index in [9.17, 15) is 9.90 Å². The van der Waals surface area contributed by atoms with E-state index in [0.717, 1.165) is 35.9 Å². The Balaban J connectivity index is 1.52. The molecule has 0 aliphatic carbocycles. The molecule has 2 aromatic carbocycles. The number of nitrogens with zero attached hydrogens (tertiary/aromatic N) is 1. The second-order valence-electron chi connectivity index (χ2n) is 8.34. The Morgan fingerprint density at radius 3 is 2.87 bits per heavy atom. The van der Waals surface area contributed by atoms with Gasteiger partial charge in [-0.2, -0.15) is 0 Å². The number of aryl methyl sites for hydroxylation is 1. The number of phenols is 1. The van der Waals surface area contributed by atoms with Gasteiger partial charge in [0.1, 0.15) is 22.8 Å². The maximum atomic E-state index is 13.1. The van der Waals surface area contributed by atoms with E-state index in [-0.39, 0.29) is 17.3 Å². The van der Waals surface area contributed by atoms with Gasteiger partial charge in [-0.05, 0) is 57.0 Å². The van der Waals surface area contributed by atoms with Crippen molar-refractivity contribution < 1.29 is 19.1 Å². The number of piperidine rings is 1. The number of carbonyl (C=O) groups excluding carboxylic acids is 1. The van der Waals surface area contributed by atoms with E-state index in [4.69, 9.17) is 9.15 Å². The predicted molar refractivity (Wildman–Crippen MR) is 116 cm³/mol. The number of hydrogen-bond acceptors (Lipinski definition) is 5. The van der Waals surface area contributed by atoms with Crippen molar-refractivity contribution in [3.8, 4) is 11.5 Å². The predicted octanol–water partition coefficient (Wildman–Crippen LogP) is 5.44. The zero-order valence-electron chi connectivity index (χ0n) is 17.3. The molecule has 1 fully saturated rings. The van der Waals surface area contributed by atoms with Crippen molar-refractivity contribution in [2.24, 2.45) is 0 Å². The maximum Gasteiger partial charge on any atom is 0.232 e. The summed E-state index contributed by atoms with van der Waals surface area (Å²) in [7, 11) is 0. The van der Waals surface area contributed by atoms with Crippen molar-refractivity contribution in [3.05, 3.63) is 64.6 Å². The Bertz CT molecular complexity index is 1140. The fourth-order valence-corrected chi connectivity index (χ4v) is 4.53. The number of hydrogen-bond donors (Lipinski definition) is 1. The van der Waals surface area contributed by atoms with Crippen LogP contribution in [0.3, 0.4) is 0 Å². The first-order chi connectivity index (χ1) is 14.5. The highest BCUT2D eigenvalue weighted by Crippen LogP contribution is 2.43. The lowest BCUT2D eigenvalue weighted by Gasteiger charge is -2.33. The summed E-state index contributed by atoms with van der Waals surface area (Å²) in [4.78, 5) is 15.5. The van der Waals surface area contributed by atoms with Crippen molar-refractivity contribution in [1.82, 2.24) is 4.90 Å². The SMILES string of the molecule is Cc1cc(O)c(CN2CCCC[C@H]2C)c2c1C(=O)C(=Cc1cc3ccccc3o1)O2. The lowest BCUT2D eigenvalue weighted by atomic mass is 9.97. The molecule has 0 unspecified atom stereocenters. The topological polar surface area (TPSA) is 62.9 Å². The van der Waals surface area contributed by atoms with Gasteiger partial charge in [0.2, 0.25) is 5.78 Å². The first-order valence-electron chi connectivity index (χ1n) is 10.5. The largest absolute Gasteiger partial charge is 0.507 e. The minimum atomic E-state index is -0.170. The van der Waals surface area contributed by atoms with Gasteiger partial charge >= 0.3 is 0 Å². The fourth-order valence-electron chi connectivity index (χ4n) is 4.53. The van der Waals surface area contributed by atoms with Gasteiger partial charge in [-0.15, -0.1) is 0 Å². The summed E-state index contributed by atoms with van der Waals surface area (Å²) in [5, 5.41) is 11.6. The van der Waals surface area contributed by atoms with Crippen LogP contribution in [0.5, 0.6) is 11.5 Å². The molecule has 3 aromatic rings. The summed E-state index contributed by atoms with van der Waals surface area (Å²) in [6.07, 6.45) is 5.17. The maximum absolute atomic E-state index is 13.1. The van der Waals surface area contributed by atoms with Crippen molar-refractivity contribution in [2.45, 2.75) is 45.7 Å². The molecule has 1 aromatic heterocycles. The summed E-state index contributed by atoms with van der Waals surface area (Å²) in [5.74, 6) is 1.29. The smallest absolute Gasteiger partial charge is 0.232 e. The van der Waals surface area contributed by atoms with Crippen molar-refractivity contribution in [3.63, 3.8) is 0 Å². The second kappa shape index (κ2) is 7.33. The molecule has 0 radical (unpaired) electrons. The molecular formula is C25H25NO4. The minimum Gasteiger partial charge on any atom is -0.507 e. The summed E-state index contributed by atoms with van der Waals surface area (Å²) in [6, 6.07) is 11.7. The van der Waals surface area contributed by atoms with Gasteiger partial charge in [0.15, 0.2) is 5.76 Å². The van der Waals surface area contributed by atoms with Gasteiger partial charge in [0.25, 0.3) is 0 Å². The van der Waals surface area contributed by atoms with E-state index in [2.05, 4.69) is 11.8 Å². The average Bonchev–Trinajstić information content (AvgIpc) is 3.27. The van der Waals surface area contributed by atoms with Crippen molar-refractivity contribution >= 4 is 22.8 Å². The van der Waals surface area contributed by atoms with E-state index < -0.39 is 0 Å². The van der Waals surface area contributed by atoms with Gasteiger partial charge in [-0.3, -0.25) is 9.69 Å². The molecule has 2 aliphatic rings. The molecule has 30 heavy (non-hydrogen) atoms. The van der Waals surface area contributed by atoms with Gasteiger partial charge < -0.3 is 14.3 Å². The number of phenolic OH excluding ortho intramolecular Hbond substituents is 1. The molecule has 5 rings (SSSR count). The quantitative estimate of drug-likeness (QED) is 0.590. The first-order valence-corrected chi connectivity index (χ1v) is 10.5. The number of ether oxygens (including phenoxy) is 1. The molecule has 0 saturated carbocycles. The van der Waals surface area contributed by atoms with Crippen LogP contribution < -0.4 is 4.74 Å². The van der Waals surface area contributed by atoms with Crippen LogP contribution in [-0.4, -0.2) is 28.4 Å². The molecule has 0 amide bonds. The van der Waals surface area contributed by atoms with E-state index in [1.807, 2.05) is 37.3 Å². The number of para-hydroxylation sites is 1. The molecule has 0 spiro atoms. The number of fused-ring (bicyclic) bond motifs is 2. The molecule has 3 heterocycles. The average molecular weight is 403 g/mol. The zero-order valence-corrected chi connectivity index (χ0v) is 17.3. The third-order valence-corrected chi connectivity index (χ3v) is 6.24. The minimum absolute atomic E-state index is 0.170. The third-order valence-electron chi connectivity index (χ3n) is 6.24. The Morgan fingerprint density at radius 1 is 1.23 bits per heavy atom. The van der Waals surface area contributed by atoms with Crippen LogP contribution >= 0.6 is 0 Å². The highest BCUT2D eigenvalue weighted by molar-refractivity contribution is 6.15. The van der Waals surface area contributed by atoms with E-state index >= 15 is 0 Å². The van der Waals surface area contributed by atoms with Crippen LogP contribution in [0.1, 0.15) is 53.4 Å². The highest BCUT2D eigenvalue weighted by Gasteiger charge is 2.34. The third kappa shape index (κ3) is 3.19. The Morgan fingerprint density at radius 2 is 2.07 bits per heavy atom. The summed E-state index contributed by atoms with van der Waals surface area (Å²) >= 11 is 0. The molecular weight excluding hydrogens is 378 g/mol. The van der Waals surface area contributed by atoms with Crippen LogP contribution in [0, 0.1) is 6.92 Å². The number of rotatable bonds is 3. The van der Waals surface area contributed by atoms with Gasteiger partial charge in [-0.1, -0.05) is 24.6 Å². The van der Waals surface area contributed by atoms with Crippen molar-refractivity contribution in [2.75, 3.05) is 6.54 Å². The van der Waals surface area contributed by atoms with Crippen LogP contribution in [0.15, 0.2) is 46.6 Å². The van der Waals surface area contributed by atoms with Gasteiger partial charge in [-0.25, -0.2) is 0 Å². The molecule has 154 valence electrons.